The minimum atomic E-state index is -0.586. The molecule has 0 bridgehead atoms. The normalized spacial score (nSPS) is 15.1. The van der Waals surface area contributed by atoms with Crippen molar-refractivity contribution in [1.29, 1.82) is 0 Å². The number of furan rings is 1. The standard InChI is InChI=1S/C25H25ClN4O4/c1-16-4-5-18(15-20(16)28-24(32)21-3-2-14-34-21)25(33)30-12-10-29(11-13-30)22(23(27)31)17-6-8-19(26)9-7-17/h2-9,14-15,22H,10-13H2,1H3,(H2,27,31)(H,28,32). The first-order valence-electron chi connectivity index (χ1n) is 10.9. The molecule has 9 heteroatoms. The lowest BCUT2D eigenvalue weighted by molar-refractivity contribution is -0.124. The number of primary amides is 1. The van der Waals surface area contributed by atoms with Gasteiger partial charge in [-0.1, -0.05) is 29.8 Å². The molecule has 0 aliphatic carbocycles. The average molecular weight is 481 g/mol. The van der Waals surface area contributed by atoms with Crippen LogP contribution in [-0.4, -0.2) is 53.7 Å². The van der Waals surface area contributed by atoms with E-state index in [0.29, 0.717) is 42.5 Å². The number of piperazine rings is 1. The van der Waals surface area contributed by atoms with E-state index in [1.807, 2.05) is 11.8 Å². The van der Waals surface area contributed by atoms with Crippen molar-refractivity contribution in [2.75, 3.05) is 31.5 Å². The average Bonchev–Trinajstić information content (AvgIpc) is 3.37. The van der Waals surface area contributed by atoms with Gasteiger partial charge in [0.25, 0.3) is 11.8 Å². The smallest absolute Gasteiger partial charge is 0.291 e. The molecule has 2 aromatic carbocycles. The Morgan fingerprint density at radius 3 is 2.35 bits per heavy atom. The SMILES string of the molecule is Cc1ccc(C(=O)N2CCN(C(C(N)=O)c3ccc(Cl)cc3)CC2)cc1NC(=O)c1ccco1. The number of benzene rings is 2. The number of nitrogens with zero attached hydrogens (tertiary/aromatic N) is 2. The molecule has 3 N–H and O–H groups in total. The van der Waals surface area contributed by atoms with Crippen molar-refractivity contribution in [1.82, 2.24) is 9.80 Å². The maximum absolute atomic E-state index is 13.2. The second-order valence-corrected chi connectivity index (χ2v) is 8.58. The Balaban J connectivity index is 1.43. The van der Waals surface area contributed by atoms with Gasteiger partial charge < -0.3 is 20.4 Å². The number of aryl methyl sites for hydroxylation is 1. The molecule has 1 atom stereocenters. The summed E-state index contributed by atoms with van der Waals surface area (Å²) in [5.74, 6) is -0.782. The van der Waals surface area contributed by atoms with E-state index in [1.54, 1.807) is 59.5 Å². The Labute approximate surface area is 202 Å². The summed E-state index contributed by atoms with van der Waals surface area (Å²) in [7, 11) is 0. The molecule has 1 aromatic heterocycles. The van der Waals surface area contributed by atoms with Crippen LogP contribution >= 0.6 is 11.6 Å². The van der Waals surface area contributed by atoms with Gasteiger partial charge in [0.1, 0.15) is 6.04 Å². The molecule has 0 saturated carbocycles. The molecule has 1 aliphatic rings. The van der Waals surface area contributed by atoms with E-state index in [1.165, 1.54) is 6.26 Å². The van der Waals surface area contributed by atoms with Crippen molar-refractivity contribution < 1.29 is 18.8 Å². The van der Waals surface area contributed by atoms with Crippen molar-refractivity contribution >= 4 is 35.0 Å². The highest BCUT2D eigenvalue weighted by Gasteiger charge is 2.30. The van der Waals surface area contributed by atoms with Crippen molar-refractivity contribution in [2.45, 2.75) is 13.0 Å². The monoisotopic (exact) mass is 480 g/mol. The summed E-state index contributed by atoms with van der Waals surface area (Å²) < 4.78 is 5.13. The zero-order chi connectivity index (χ0) is 24.2. The molecule has 0 radical (unpaired) electrons. The number of nitrogens with two attached hydrogens (primary N) is 1. The summed E-state index contributed by atoms with van der Waals surface area (Å²) in [5.41, 5.74) is 8.31. The lowest BCUT2D eigenvalue weighted by atomic mass is 10.0. The summed E-state index contributed by atoms with van der Waals surface area (Å²) in [6.07, 6.45) is 1.43. The fraction of sp³-hybridized carbons (Fsp3) is 0.240. The maximum Gasteiger partial charge on any atom is 0.291 e. The third kappa shape index (κ3) is 5.13. The van der Waals surface area contributed by atoms with Gasteiger partial charge >= 0.3 is 0 Å². The lowest BCUT2D eigenvalue weighted by Gasteiger charge is -2.38. The van der Waals surface area contributed by atoms with Gasteiger partial charge in [0.15, 0.2) is 5.76 Å². The Morgan fingerprint density at radius 1 is 1.03 bits per heavy atom. The Kier molecular flexibility index (Phi) is 7.00. The Morgan fingerprint density at radius 2 is 1.74 bits per heavy atom. The van der Waals surface area contributed by atoms with Gasteiger partial charge in [-0.2, -0.15) is 0 Å². The van der Waals surface area contributed by atoms with Crippen molar-refractivity contribution in [3.05, 3.63) is 88.3 Å². The molecule has 0 spiro atoms. The Hall–Kier alpha value is -3.62. The van der Waals surface area contributed by atoms with Crippen molar-refractivity contribution in [3.8, 4) is 0 Å². The van der Waals surface area contributed by atoms with Crippen LogP contribution in [0, 0.1) is 6.92 Å². The largest absolute Gasteiger partial charge is 0.459 e. The number of anilines is 1. The first kappa shape index (κ1) is 23.5. The molecule has 1 fully saturated rings. The molecule has 176 valence electrons. The van der Waals surface area contributed by atoms with Crippen LogP contribution in [0.25, 0.3) is 0 Å². The molecule has 2 heterocycles. The van der Waals surface area contributed by atoms with Crippen molar-refractivity contribution in [3.63, 3.8) is 0 Å². The number of carbonyl (C=O) groups is 3. The summed E-state index contributed by atoms with van der Waals surface area (Å²) in [4.78, 5) is 41.4. The number of hydrogen-bond donors (Lipinski definition) is 2. The minimum Gasteiger partial charge on any atom is -0.459 e. The molecule has 4 rings (SSSR count). The molecule has 1 unspecified atom stereocenters. The third-order valence-corrected chi connectivity index (χ3v) is 6.15. The van der Waals surface area contributed by atoms with Crippen LogP contribution in [0.15, 0.2) is 65.3 Å². The topological polar surface area (TPSA) is 109 Å². The molecule has 3 aromatic rings. The molecule has 8 nitrogen and oxygen atoms in total. The summed E-state index contributed by atoms with van der Waals surface area (Å²) >= 11 is 5.97. The highest BCUT2D eigenvalue weighted by molar-refractivity contribution is 6.30. The predicted molar refractivity (Wildman–Crippen MR) is 129 cm³/mol. The van der Waals surface area contributed by atoms with Crippen LogP contribution < -0.4 is 11.1 Å². The number of nitrogens with one attached hydrogen (secondary N) is 1. The molecule has 34 heavy (non-hydrogen) atoms. The lowest BCUT2D eigenvalue weighted by Crippen LogP contribution is -2.51. The number of carbonyl (C=O) groups excluding carboxylic acids is 3. The summed E-state index contributed by atoms with van der Waals surface area (Å²) in [5, 5.41) is 3.38. The molecule has 3 amide bonds. The van der Waals surface area contributed by atoms with Gasteiger partial charge in [0, 0.05) is 42.5 Å². The van der Waals surface area contributed by atoms with Crippen molar-refractivity contribution in [2.24, 2.45) is 5.73 Å². The van der Waals surface area contributed by atoms with Gasteiger partial charge in [-0.3, -0.25) is 19.3 Å². The van der Waals surface area contributed by atoms with Gasteiger partial charge in [-0.15, -0.1) is 0 Å². The van der Waals surface area contributed by atoms with Gasteiger partial charge in [-0.05, 0) is 54.4 Å². The first-order chi connectivity index (χ1) is 16.3. The second kappa shape index (κ2) is 10.1. The maximum atomic E-state index is 13.2. The zero-order valence-corrected chi connectivity index (χ0v) is 19.4. The van der Waals surface area contributed by atoms with E-state index >= 15 is 0 Å². The number of hydrogen-bond acceptors (Lipinski definition) is 5. The summed E-state index contributed by atoms with van der Waals surface area (Å²) in [6, 6.07) is 14.9. The Bertz CT molecular complexity index is 1190. The van der Waals surface area contributed by atoms with E-state index in [4.69, 9.17) is 21.8 Å². The van der Waals surface area contributed by atoms with Crippen LogP contribution in [0.5, 0.6) is 0 Å². The minimum absolute atomic E-state index is 0.143. The van der Waals surface area contributed by atoms with Crippen LogP contribution in [0.3, 0.4) is 0 Å². The number of rotatable bonds is 6. The number of halogens is 1. The van der Waals surface area contributed by atoms with Gasteiger partial charge in [0.2, 0.25) is 5.91 Å². The van der Waals surface area contributed by atoms with Crippen LogP contribution in [0.1, 0.15) is 38.1 Å². The van der Waals surface area contributed by atoms with Crippen LogP contribution in [0.2, 0.25) is 5.02 Å². The highest BCUT2D eigenvalue weighted by Crippen LogP contribution is 2.25. The fourth-order valence-corrected chi connectivity index (χ4v) is 4.17. The molecule has 1 saturated heterocycles. The van der Waals surface area contributed by atoms with E-state index < -0.39 is 11.9 Å². The van der Waals surface area contributed by atoms with E-state index in [9.17, 15) is 14.4 Å². The second-order valence-electron chi connectivity index (χ2n) is 8.15. The van der Waals surface area contributed by atoms with E-state index in [2.05, 4.69) is 5.32 Å². The van der Waals surface area contributed by atoms with Gasteiger partial charge in [0.05, 0.1) is 6.26 Å². The van der Waals surface area contributed by atoms with Gasteiger partial charge in [-0.25, -0.2) is 0 Å². The summed E-state index contributed by atoms with van der Waals surface area (Å²) in [6.45, 7) is 3.73. The molecule has 1 aliphatic heterocycles. The number of amides is 3. The van der Waals surface area contributed by atoms with Crippen LogP contribution in [-0.2, 0) is 4.79 Å². The first-order valence-corrected chi connectivity index (χ1v) is 11.2. The zero-order valence-electron chi connectivity index (χ0n) is 18.7. The third-order valence-electron chi connectivity index (χ3n) is 5.90. The highest BCUT2D eigenvalue weighted by atomic mass is 35.5. The van der Waals surface area contributed by atoms with E-state index in [-0.39, 0.29) is 17.6 Å². The fourth-order valence-electron chi connectivity index (χ4n) is 4.05. The van der Waals surface area contributed by atoms with E-state index in [0.717, 1.165) is 11.1 Å². The molecular weight excluding hydrogens is 456 g/mol. The predicted octanol–water partition coefficient (Wildman–Crippen LogP) is 3.48. The van der Waals surface area contributed by atoms with Crippen LogP contribution in [0.4, 0.5) is 5.69 Å². The molecular formula is C25H25ClN4O4. The quantitative estimate of drug-likeness (QED) is 0.561.